The summed E-state index contributed by atoms with van der Waals surface area (Å²) in [6.45, 7) is -0.685. The number of aliphatic hydroxyl groups is 1. The van der Waals surface area contributed by atoms with E-state index < -0.39 is 35.3 Å². The summed E-state index contributed by atoms with van der Waals surface area (Å²) in [7, 11) is 1.52. The minimum absolute atomic E-state index is 0.00617. The number of carbonyl (C=O) groups excluding carboxylic acids is 3. The largest absolute Gasteiger partial charge is 0.497 e. The van der Waals surface area contributed by atoms with E-state index in [-0.39, 0.29) is 23.4 Å². The molecule has 3 rings (SSSR count). The Morgan fingerprint density at radius 2 is 1.83 bits per heavy atom. The number of fused-ring (bicyclic) bond motifs is 1. The minimum Gasteiger partial charge on any atom is -0.497 e. The van der Waals surface area contributed by atoms with Crippen molar-refractivity contribution in [2.45, 2.75) is 6.10 Å². The molecule has 0 bridgehead atoms. The van der Waals surface area contributed by atoms with Crippen molar-refractivity contribution in [2.75, 3.05) is 20.2 Å². The van der Waals surface area contributed by atoms with E-state index in [0.717, 1.165) is 12.1 Å². The molecular formula is C19H17N3O7. The minimum atomic E-state index is -0.991. The van der Waals surface area contributed by atoms with E-state index in [9.17, 15) is 29.6 Å². The van der Waals surface area contributed by atoms with Gasteiger partial charge in [0.15, 0.2) is 0 Å². The van der Waals surface area contributed by atoms with Crippen molar-refractivity contribution in [2.24, 2.45) is 0 Å². The van der Waals surface area contributed by atoms with Crippen molar-refractivity contribution < 1.29 is 29.2 Å². The number of ether oxygens (including phenoxy) is 1. The quantitative estimate of drug-likeness (QED) is 0.403. The van der Waals surface area contributed by atoms with E-state index in [1.54, 1.807) is 24.3 Å². The molecule has 0 radical (unpaired) electrons. The molecule has 0 aliphatic carbocycles. The Labute approximate surface area is 164 Å². The molecule has 3 amide bonds. The fourth-order valence-corrected chi connectivity index (χ4v) is 2.89. The first-order valence-electron chi connectivity index (χ1n) is 8.55. The number of nitro groups is 1. The van der Waals surface area contributed by atoms with Crippen LogP contribution in [-0.2, 0) is 4.79 Å². The Hall–Kier alpha value is -3.79. The van der Waals surface area contributed by atoms with E-state index in [1.165, 1.54) is 13.2 Å². The van der Waals surface area contributed by atoms with Crippen LogP contribution >= 0.6 is 0 Å². The molecule has 0 aromatic heterocycles. The van der Waals surface area contributed by atoms with Gasteiger partial charge in [-0.2, -0.15) is 0 Å². The molecule has 29 heavy (non-hydrogen) atoms. The lowest BCUT2D eigenvalue weighted by Gasteiger charge is -2.16. The Balaban J connectivity index is 1.61. The first-order chi connectivity index (χ1) is 13.8. The Morgan fingerprint density at radius 1 is 1.17 bits per heavy atom. The van der Waals surface area contributed by atoms with Crippen LogP contribution in [0.15, 0.2) is 42.5 Å². The summed E-state index contributed by atoms with van der Waals surface area (Å²) in [5, 5.41) is 23.5. The van der Waals surface area contributed by atoms with Crippen LogP contribution in [0.2, 0.25) is 0 Å². The van der Waals surface area contributed by atoms with Gasteiger partial charge in [-0.05, 0) is 23.8 Å². The Kier molecular flexibility index (Phi) is 5.55. The van der Waals surface area contributed by atoms with Crippen LogP contribution in [0.4, 0.5) is 5.69 Å². The molecule has 150 valence electrons. The lowest BCUT2D eigenvalue weighted by Crippen LogP contribution is -2.41. The number of aliphatic hydroxyl groups excluding tert-OH is 1. The Bertz CT molecular complexity index is 988. The smallest absolute Gasteiger partial charge is 0.270 e. The summed E-state index contributed by atoms with van der Waals surface area (Å²) in [5.74, 6) is -1.51. The number of benzene rings is 2. The molecule has 10 heteroatoms. The molecule has 10 nitrogen and oxygen atoms in total. The molecule has 2 aromatic carbocycles. The summed E-state index contributed by atoms with van der Waals surface area (Å²) in [6.07, 6.45) is -0.991. The average molecular weight is 399 g/mol. The number of non-ortho nitro benzene ring substituents is 1. The molecule has 1 unspecified atom stereocenters. The van der Waals surface area contributed by atoms with Crippen LogP contribution in [0.1, 0.15) is 32.4 Å². The number of nitrogens with one attached hydrogen (secondary N) is 1. The second kappa shape index (κ2) is 8.07. The number of carbonyl (C=O) groups is 3. The number of nitrogens with zero attached hydrogens (tertiary/aromatic N) is 2. The predicted molar refractivity (Wildman–Crippen MR) is 99.4 cm³/mol. The number of imide groups is 1. The van der Waals surface area contributed by atoms with Crippen LogP contribution in [0.3, 0.4) is 0 Å². The van der Waals surface area contributed by atoms with E-state index in [1.807, 2.05) is 0 Å². The van der Waals surface area contributed by atoms with E-state index in [4.69, 9.17) is 4.74 Å². The lowest BCUT2D eigenvalue weighted by molar-refractivity contribution is -0.384. The van der Waals surface area contributed by atoms with Crippen LogP contribution in [0.25, 0.3) is 0 Å². The SMILES string of the molecule is COc1ccc(C(O)CNC(=O)CN2C(=O)c3ccc([N+](=O)[O-])cc3C2=O)cc1. The fraction of sp³-hybridized carbons (Fsp3) is 0.211. The second-order valence-corrected chi connectivity index (χ2v) is 6.28. The molecule has 0 saturated carbocycles. The first kappa shape index (κ1) is 20.0. The van der Waals surface area contributed by atoms with Gasteiger partial charge in [-0.1, -0.05) is 12.1 Å². The number of amides is 3. The van der Waals surface area contributed by atoms with E-state index in [2.05, 4.69) is 5.32 Å². The van der Waals surface area contributed by atoms with E-state index >= 15 is 0 Å². The molecule has 2 N–H and O–H groups in total. The monoisotopic (exact) mass is 399 g/mol. The molecule has 0 spiro atoms. The topological polar surface area (TPSA) is 139 Å². The van der Waals surface area contributed by atoms with Crippen molar-refractivity contribution >= 4 is 23.4 Å². The highest BCUT2D eigenvalue weighted by Gasteiger charge is 2.37. The third-order valence-corrected chi connectivity index (χ3v) is 4.46. The third-order valence-electron chi connectivity index (χ3n) is 4.46. The zero-order chi connectivity index (χ0) is 21.1. The van der Waals surface area contributed by atoms with Crippen LogP contribution < -0.4 is 10.1 Å². The van der Waals surface area contributed by atoms with Crippen molar-refractivity contribution in [1.29, 1.82) is 0 Å². The van der Waals surface area contributed by atoms with Gasteiger partial charge >= 0.3 is 0 Å². The van der Waals surface area contributed by atoms with Crippen LogP contribution in [0.5, 0.6) is 5.75 Å². The molecule has 0 fully saturated rings. The highest BCUT2D eigenvalue weighted by molar-refractivity contribution is 6.22. The van der Waals surface area contributed by atoms with Crippen LogP contribution in [-0.4, -0.2) is 52.9 Å². The maximum atomic E-state index is 12.4. The standard InChI is InChI=1S/C19H17N3O7/c1-29-13-5-2-11(3-6-13)16(23)9-20-17(24)10-21-18(25)14-7-4-12(22(27)28)8-15(14)19(21)26/h2-8,16,23H,9-10H2,1H3,(H,20,24). The number of hydrogen-bond donors (Lipinski definition) is 2. The molecule has 1 heterocycles. The highest BCUT2D eigenvalue weighted by Crippen LogP contribution is 2.26. The molecule has 0 saturated heterocycles. The zero-order valence-electron chi connectivity index (χ0n) is 15.3. The number of rotatable bonds is 7. The summed E-state index contributed by atoms with van der Waals surface area (Å²) >= 11 is 0. The van der Waals surface area contributed by atoms with Gasteiger partial charge in [0.1, 0.15) is 12.3 Å². The Morgan fingerprint density at radius 3 is 2.45 bits per heavy atom. The zero-order valence-corrected chi connectivity index (χ0v) is 15.3. The number of methoxy groups -OCH3 is 1. The molecule has 1 aliphatic heterocycles. The first-order valence-corrected chi connectivity index (χ1v) is 8.55. The fourth-order valence-electron chi connectivity index (χ4n) is 2.89. The second-order valence-electron chi connectivity index (χ2n) is 6.28. The third kappa shape index (κ3) is 4.06. The van der Waals surface area contributed by atoms with E-state index in [0.29, 0.717) is 16.2 Å². The van der Waals surface area contributed by atoms with Crippen molar-refractivity contribution in [3.63, 3.8) is 0 Å². The maximum Gasteiger partial charge on any atom is 0.270 e. The van der Waals surface area contributed by atoms with Gasteiger partial charge in [-0.15, -0.1) is 0 Å². The molecule has 1 atom stereocenters. The number of hydrogen-bond acceptors (Lipinski definition) is 7. The van der Waals surface area contributed by atoms with Crippen molar-refractivity contribution in [1.82, 2.24) is 10.2 Å². The number of nitro benzene ring substituents is 1. The summed E-state index contributed by atoms with van der Waals surface area (Å²) < 4.78 is 5.03. The van der Waals surface area contributed by atoms with Crippen molar-refractivity contribution in [3.05, 3.63) is 69.3 Å². The molecule has 2 aromatic rings. The molecule has 1 aliphatic rings. The van der Waals surface area contributed by atoms with Crippen molar-refractivity contribution in [3.8, 4) is 5.75 Å². The van der Waals surface area contributed by atoms with Crippen LogP contribution in [0, 0.1) is 10.1 Å². The molecular weight excluding hydrogens is 382 g/mol. The highest BCUT2D eigenvalue weighted by atomic mass is 16.6. The van der Waals surface area contributed by atoms with Gasteiger partial charge in [0, 0.05) is 18.7 Å². The summed E-state index contributed by atoms with van der Waals surface area (Å²) in [6, 6.07) is 9.95. The van der Waals surface area contributed by atoms with Gasteiger partial charge < -0.3 is 15.2 Å². The lowest BCUT2D eigenvalue weighted by atomic mass is 10.1. The van der Waals surface area contributed by atoms with Gasteiger partial charge in [0.2, 0.25) is 5.91 Å². The summed E-state index contributed by atoms with van der Waals surface area (Å²) in [4.78, 5) is 47.8. The maximum absolute atomic E-state index is 12.4. The average Bonchev–Trinajstić information content (AvgIpc) is 2.96. The normalized spacial score (nSPS) is 13.8. The van der Waals surface area contributed by atoms with Gasteiger partial charge in [0.05, 0.1) is 29.3 Å². The predicted octanol–water partition coefficient (Wildman–Crippen LogP) is 1.05. The van der Waals surface area contributed by atoms with Gasteiger partial charge in [-0.3, -0.25) is 29.4 Å². The summed E-state index contributed by atoms with van der Waals surface area (Å²) in [5.41, 5.74) is 0.125. The van der Waals surface area contributed by atoms with Gasteiger partial charge in [0.25, 0.3) is 17.5 Å². The van der Waals surface area contributed by atoms with Gasteiger partial charge in [-0.25, -0.2) is 0 Å².